The molecule has 9 heteroatoms. The number of hydrogen-bond donors (Lipinski definition) is 1. The normalized spacial score (nSPS) is 14.7. The van der Waals surface area contributed by atoms with E-state index in [1.54, 1.807) is 24.3 Å². The molecule has 0 aromatic heterocycles. The van der Waals surface area contributed by atoms with Crippen LogP contribution in [0.3, 0.4) is 0 Å². The Kier molecular flexibility index (Phi) is 8.49. The minimum absolute atomic E-state index is 0.0956. The predicted molar refractivity (Wildman–Crippen MR) is 124 cm³/mol. The highest BCUT2D eigenvalue weighted by molar-refractivity contribution is 7.92. The number of anilines is 1. The molecule has 174 valence electrons. The zero-order valence-corrected chi connectivity index (χ0v) is 19.4. The summed E-state index contributed by atoms with van der Waals surface area (Å²) in [6.07, 6.45) is 1.19. The van der Waals surface area contributed by atoms with Crippen molar-refractivity contribution in [3.8, 4) is 5.75 Å². The number of carbonyl (C=O) groups excluding carboxylic acids is 1. The first kappa shape index (κ1) is 24.0. The molecule has 0 saturated carbocycles. The molecule has 32 heavy (non-hydrogen) atoms. The lowest BCUT2D eigenvalue weighted by molar-refractivity contribution is -0.123. The molecule has 8 nitrogen and oxygen atoms in total. The van der Waals surface area contributed by atoms with E-state index in [4.69, 9.17) is 9.47 Å². The van der Waals surface area contributed by atoms with E-state index in [-0.39, 0.29) is 19.1 Å². The van der Waals surface area contributed by atoms with Gasteiger partial charge in [0.1, 0.15) is 5.75 Å². The van der Waals surface area contributed by atoms with E-state index < -0.39 is 10.0 Å². The van der Waals surface area contributed by atoms with Crippen molar-refractivity contribution in [3.05, 3.63) is 59.7 Å². The molecule has 1 heterocycles. The van der Waals surface area contributed by atoms with Crippen LogP contribution in [0.5, 0.6) is 5.75 Å². The molecule has 2 aromatic carbocycles. The second kappa shape index (κ2) is 11.3. The third kappa shape index (κ3) is 7.51. The SMILES string of the molecule is Cc1ccc(CN(c2ccc(OCC(=O)NCCN3CCOCC3)cc2)S(C)(=O)=O)cc1. The van der Waals surface area contributed by atoms with Gasteiger partial charge in [0.05, 0.1) is 31.7 Å². The van der Waals surface area contributed by atoms with Gasteiger partial charge < -0.3 is 14.8 Å². The molecule has 2 aromatic rings. The van der Waals surface area contributed by atoms with Crippen LogP contribution in [0.2, 0.25) is 0 Å². The van der Waals surface area contributed by atoms with E-state index in [9.17, 15) is 13.2 Å². The highest BCUT2D eigenvalue weighted by atomic mass is 32.2. The number of nitrogens with zero attached hydrogens (tertiary/aromatic N) is 2. The predicted octanol–water partition coefficient (Wildman–Crippen LogP) is 1.79. The Balaban J connectivity index is 1.50. The van der Waals surface area contributed by atoms with Crippen LogP contribution in [0.1, 0.15) is 11.1 Å². The Morgan fingerprint density at radius 3 is 2.38 bits per heavy atom. The number of ether oxygens (including phenoxy) is 2. The summed E-state index contributed by atoms with van der Waals surface area (Å²) in [4.78, 5) is 14.3. The standard InChI is InChI=1S/C23H31N3O5S/c1-19-3-5-20(6-4-19)17-26(32(2,28)29)21-7-9-22(10-8-21)31-18-23(27)24-11-12-25-13-15-30-16-14-25/h3-10H,11-18H2,1-2H3,(H,24,27). The summed E-state index contributed by atoms with van der Waals surface area (Å²) in [6.45, 7) is 6.70. The molecule has 1 amide bonds. The summed E-state index contributed by atoms with van der Waals surface area (Å²) < 4.78 is 36.9. The zero-order chi connectivity index (χ0) is 23.0. The molecular formula is C23H31N3O5S. The third-order valence-corrected chi connectivity index (χ3v) is 6.34. The van der Waals surface area contributed by atoms with Crippen molar-refractivity contribution in [1.29, 1.82) is 0 Å². The van der Waals surface area contributed by atoms with Gasteiger partial charge in [-0.2, -0.15) is 0 Å². The second-order valence-electron chi connectivity index (χ2n) is 7.84. The Labute approximate surface area is 190 Å². The maximum Gasteiger partial charge on any atom is 0.257 e. The number of sulfonamides is 1. The molecule has 0 aliphatic carbocycles. The second-order valence-corrected chi connectivity index (χ2v) is 9.75. The van der Waals surface area contributed by atoms with Gasteiger partial charge in [0.25, 0.3) is 5.91 Å². The highest BCUT2D eigenvalue weighted by Crippen LogP contribution is 2.24. The molecule has 1 N–H and O–H groups in total. The van der Waals surface area contributed by atoms with Crippen LogP contribution in [0.25, 0.3) is 0 Å². The average molecular weight is 462 g/mol. The fraction of sp³-hybridized carbons (Fsp3) is 0.435. The van der Waals surface area contributed by atoms with Crippen molar-refractivity contribution in [2.75, 3.05) is 56.6 Å². The van der Waals surface area contributed by atoms with Crippen LogP contribution >= 0.6 is 0 Å². The lowest BCUT2D eigenvalue weighted by Gasteiger charge is -2.26. The minimum Gasteiger partial charge on any atom is -0.484 e. The van der Waals surface area contributed by atoms with Crippen LogP contribution in [-0.2, 0) is 26.1 Å². The van der Waals surface area contributed by atoms with Crippen molar-refractivity contribution in [2.45, 2.75) is 13.5 Å². The van der Waals surface area contributed by atoms with E-state index in [1.165, 1.54) is 10.6 Å². The number of hydrogen-bond acceptors (Lipinski definition) is 6. The highest BCUT2D eigenvalue weighted by Gasteiger charge is 2.18. The van der Waals surface area contributed by atoms with Crippen molar-refractivity contribution < 1.29 is 22.7 Å². The Hall–Kier alpha value is -2.62. The maximum absolute atomic E-state index is 12.3. The number of carbonyl (C=O) groups is 1. The lowest BCUT2D eigenvalue weighted by Crippen LogP contribution is -2.42. The molecule has 1 aliphatic heterocycles. The molecule has 1 aliphatic rings. The van der Waals surface area contributed by atoms with E-state index in [0.717, 1.165) is 44.0 Å². The molecule has 0 radical (unpaired) electrons. The van der Waals surface area contributed by atoms with Gasteiger partial charge in [-0.3, -0.25) is 14.0 Å². The smallest absolute Gasteiger partial charge is 0.257 e. The molecular weight excluding hydrogens is 430 g/mol. The Bertz CT molecular complexity index is 972. The van der Waals surface area contributed by atoms with Gasteiger partial charge in [0.2, 0.25) is 10.0 Å². The van der Waals surface area contributed by atoms with E-state index in [1.807, 2.05) is 31.2 Å². The quantitative estimate of drug-likeness (QED) is 0.580. The monoisotopic (exact) mass is 461 g/mol. The topological polar surface area (TPSA) is 88.2 Å². The van der Waals surface area contributed by atoms with E-state index >= 15 is 0 Å². The van der Waals surface area contributed by atoms with Crippen LogP contribution in [-0.4, -0.2) is 71.5 Å². The third-order valence-electron chi connectivity index (χ3n) is 5.20. The minimum atomic E-state index is -3.47. The number of morpholine rings is 1. The van der Waals surface area contributed by atoms with Crippen LogP contribution in [0.15, 0.2) is 48.5 Å². The van der Waals surface area contributed by atoms with Crippen molar-refractivity contribution in [2.24, 2.45) is 0 Å². The maximum atomic E-state index is 12.3. The van der Waals surface area contributed by atoms with Gasteiger partial charge in [-0.15, -0.1) is 0 Å². The first-order valence-corrected chi connectivity index (χ1v) is 12.5. The van der Waals surface area contributed by atoms with Gasteiger partial charge in [0.15, 0.2) is 6.61 Å². The average Bonchev–Trinajstić information content (AvgIpc) is 2.78. The number of rotatable bonds is 10. The fourth-order valence-electron chi connectivity index (χ4n) is 3.35. The molecule has 3 rings (SSSR count). The van der Waals surface area contributed by atoms with Crippen LogP contribution in [0, 0.1) is 6.92 Å². The molecule has 0 atom stereocenters. The van der Waals surface area contributed by atoms with E-state index in [2.05, 4.69) is 10.2 Å². The molecule has 0 bridgehead atoms. The summed E-state index contributed by atoms with van der Waals surface area (Å²) in [5, 5.41) is 2.85. The number of benzene rings is 2. The lowest BCUT2D eigenvalue weighted by atomic mass is 10.1. The van der Waals surface area contributed by atoms with Gasteiger partial charge >= 0.3 is 0 Å². The molecule has 1 fully saturated rings. The molecule has 0 spiro atoms. The number of amides is 1. The summed E-state index contributed by atoms with van der Waals surface area (Å²) in [5.41, 5.74) is 2.55. The van der Waals surface area contributed by atoms with Crippen molar-refractivity contribution >= 4 is 21.6 Å². The van der Waals surface area contributed by atoms with Crippen molar-refractivity contribution in [3.63, 3.8) is 0 Å². The zero-order valence-electron chi connectivity index (χ0n) is 18.6. The van der Waals surface area contributed by atoms with Crippen molar-refractivity contribution in [1.82, 2.24) is 10.2 Å². The van der Waals surface area contributed by atoms with Gasteiger partial charge in [-0.1, -0.05) is 29.8 Å². The Morgan fingerprint density at radius 1 is 1.09 bits per heavy atom. The first-order chi connectivity index (χ1) is 15.3. The van der Waals surface area contributed by atoms with E-state index in [0.29, 0.717) is 18.0 Å². The number of nitrogens with one attached hydrogen (secondary N) is 1. The summed E-state index contributed by atoms with van der Waals surface area (Å²) >= 11 is 0. The van der Waals surface area contributed by atoms with Crippen LogP contribution < -0.4 is 14.4 Å². The summed E-state index contributed by atoms with van der Waals surface area (Å²) in [5.74, 6) is 0.306. The fourth-order valence-corrected chi connectivity index (χ4v) is 4.23. The van der Waals surface area contributed by atoms with Crippen LogP contribution in [0.4, 0.5) is 5.69 Å². The molecule has 1 saturated heterocycles. The summed E-state index contributed by atoms with van der Waals surface area (Å²) in [7, 11) is -3.47. The largest absolute Gasteiger partial charge is 0.484 e. The Morgan fingerprint density at radius 2 is 1.75 bits per heavy atom. The number of aryl methyl sites for hydroxylation is 1. The van der Waals surface area contributed by atoms with Gasteiger partial charge in [-0.25, -0.2) is 8.42 Å². The molecule has 0 unspecified atom stereocenters. The summed E-state index contributed by atoms with van der Waals surface area (Å²) in [6, 6.07) is 14.5. The first-order valence-electron chi connectivity index (χ1n) is 10.6. The van der Waals surface area contributed by atoms with Gasteiger partial charge in [0, 0.05) is 26.2 Å². The van der Waals surface area contributed by atoms with Gasteiger partial charge in [-0.05, 0) is 36.8 Å².